The van der Waals surface area contributed by atoms with Crippen molar-refractivity contribution in [3.8, 4) is 0 Å². The number of nitrogens with zero attached hydrogens (tertiary/aromatic N) is 1. The highest BCUT2D eigenvalue weighted by Gasteiger charge is 2.18. The molecule has 0 atom stereocenters. The third-order valence-corrected chi connectivity index (χ3v) is 2.69. The Morgan fingerprint density at radius 1 is 1.00 bits per heavy atom. The van der Waals surface area contributed by atoms with Crippen LogP contribution in [0.25, 0.3) is 0 Å². The molecule has 4 nitrogen and oxygen atoms in total. The molecule has 20 heavy (non-hydrogen) atoms. The quantitative estimate of drug-likeness (QED) is 0.688. The zero-order valence-electron chi connectivity index (χ0n) is 10.1. The van der Waals surface area contributed by atoms with Crippen LogP contribution in [0.2, 0.25) is 0 Å². The van der Waals surface area contributed by atoms with Gasteiger partial charge in [-0.1, -0.05) is 12.1 Å². The van der Waals surface area contributed by atoms with Crippen LogP contribution in [-0.4, -0.2) is 4.92 Å². The molecular formula is C13H9F3N2O2. The summed E-state index contributed by atoms with van der Waals surface area (Å²) in [7, 11) is 0. The topological polar surface area (TPSA) is 55.2 Å². The Bertz CT molecular complexity index is 642. The van der Waals surface area contributed by atoms with E-state index >= 15 is 0 Å². The number of rotatable bonds is 4. The average Bonchev–Trinajstić information content (AvgIpc) is 2.39. The third kappa shape index (κ3) is 2.71. The SMILES string of the molecule is O=[N+]([O-])c1cccc(F)c1NCc1c(F)cccc1F. The predicted octanol–water partition coefficient (Wildman–Crippen LogP) is 3.62. The summed E-state index contributed by atoms with van der Waals surface area (Å²) in [5.74, 6) is -2.48. The Balaban J connectivity index is 2.30. The van der Waals surface area contributed by atoms with Crippen molar-refractivity contribution >= 4 is 11.4 Å². The molecule has 7 heteroatoms. The molecule has 0 aromatic heterocycles. The Kier molecular flexibility index (Phi) is 3.88. The van der Waals surface area contributed by atoms with Crippen molar-refractivity contribution in [2.24, 2.45) is 0 Å². The Labute approximate surface area is 112 Å². The van der Waals surface area contributed by atoms with Crippen LogP contribution in [0.1, 0.15) is 5.56 Å². The lowest BCUT2D eigenvalue weighted by atomic mass is 10.2. The second kappa shape index (κ2) is 5.60. The predicted molar refractivity (Wildman–Crippen MR) is 66.7 cm³/mol. The van der Waals surface area contributed by atoms with Crippen molar-refractivity contribution in [3.63, 3.8) is 0 Å². The monoisotopic (exact) mass is 282 g/mol. The van der Waals surface area contributed by atoms with Crippen LogP contribution in [0.3, 0.4) is 0 Å². The van der Waals surface area contributed by atoms with Gasteiger partial charge in [0.2, 0.25) is 0 Å². The highest BCUT2D eigenvalue weighted by molar-refractivity contribution is 5.62. The molecule has 0 amide bonds. The molecule has 0 radical (unpaired) electrons. The fraction of sp³-hybridized carbons (Fsp3) is 0.0769. The molecule has 0 unspecified atom stereocenters. The van der Waals surface area contributed by atoms with Gasteiger partial charge >= 0.3 is 0 Å². The lowest BCUT2D eigenvalue weighted by Crippen LogP contribution is -2.07. The Morgan fingerprint density at radius 2 is 1.55 bits per heavy atom. The number of halogens is 3. The van der Waals surface area contributed by atoms with E-state index < -0.39 is 40.3 Å². The fourth-order valence-corrected chi connectivity index (χ4v) is 1.72. The molecular weight excluding hydrogens is 273 g/mol. The molecule has 0 heterocycles. The van der Waals surface area contributed by atoms with Gasteiger partial charge in [-0.3, -0.25) is 10.1 Å². The zero-order chi connectivity index (χ0) is 14.7. The van der Waals surface area contributed by atoms with Gasteiger partial charge in [-0.25, -0.2) is 13.2 Å². The van der Waals surface area contributed by atoms with E-state index in [4.69, 9.17) is 0 Å². The smallest absolute Gasteiger partial charge is 0.295 e. The van der Waals surface area contributed by atoms with Crippen LogP contribution in [0.15, 0.2) is 36.4 Å². The molecule has 0 bridgehead atoms. The summed E-state index contributed by atoms with van der Waals surface area (Å²) in [6.07, 6.45) is 0. The van der Waals surface area contributed by atoms with Crippen LogP contribution in [0.4, 0.5) is 24.5 Å². The third-order valence-electron chi connectivity index (χ3n) is 2.69. The van der Waals surface area contributed by atoms with Crippen molar-refractivity contribution in [1.82, 2.24) is 0 Å². The largest absolute Gasteiger partial charge is 0.373 e. The lowest BCUT2D eigenvalue weighted by molar-refractivity contribution is -0.384. The molecule has 2 aromatic rings. The number of benzene rings is 2. The molecule has 0 spiro atoms. The van der Waals surface area contributed by atoms with Crippen molar-refractivity contribution in [1.29, 1.82) is 0 Å². The maximum Gasteiger partial charge on any atom is 0.295 e. The van der Waals surface area contributed by atoms with E-state index in [0.717, 1.165) is 24.3 Å². The van der Waals surface area contributed by atoms with Crippen LogP contribution < -0.4 is 5.32 Å². The number of nitro benzene ring substituents is 1. The molecule has 0 saturated carbocycles. The van der Waals surface area contributed by atoms with Crippen LogP contribution in [-0.2, 0) is 6.54 Å². The number of nitro groups is 1. The van der Waals surface area contributed by atoms with E-state index in [1.165, 1.54) is 12.1 Å². The summed E-state index contributed by atoms with van der Waals surface area (Å²) in [6.45, 7) is -0.403. The first-order valence-corrected chi connectivity index (χ1v) is 5.60. The molecule has 0 aliphatic rings. The van der Waals surface area contributed by atoms with Crippen molar-refractivity contribution in [2.75, 3.05) is 5.32 Å². The molecule has 1 N–H and O–H groups in total. The molecule has 0 aliphatic carbocycles. The van der Waals surface area contributed by atoms with Crippen LogP contribution >= 0.6 is 0 Å². The molecule has 0 fully saturated rings. The van der Waals surface area contributed by atoms with Gasteiger partial charge in [0.05, 0.1) is 4.92 Å². The number of para-hydroxylation sites is 1. The number of hydrogen-bond acceptors (Lipinski definition) is 3. The summed E-state index contributed by atoms with van der Waals surface area (Å²) < 4.78 is 40.4. The van der Waals surface area contributed by atoms with Gasteiger partial charge in [0.25, 0.3) is 5.69 Å². The first-order chi connectivity index (χ1) is 9.50. The van der Waals surface area contributed by atoms with Gasteiger partial charge in [-0.15, -0.1) is 0 Å². The molecule has 0 aliphatic heterocycles. The van der Waals surface area contributed by atoms with E-state index in [9.17, 15) is 23.3 Å². The maximum absolute atomic E-state index is 13.6. The first kappa shape index (κ1) is 13.9. The minimum atomic E-state index is -0.865. The van der Waals surface area contributed by atoms with Crippen molar-refractivity contribution in [2.45, 2.75) is 6.54 Å². The molecule has 2 rings (SSSR count). The average molecular weight is 282 g/mol. The summed E-state index contributed by atoms with van der Waals surface area (Å²) >= 11 is 0. The molecule has 0 saturated heterocycles. The Morgan fingerprint density at radius 3 is 2.15 bits per heavy atom. The highest BCUT2D eigenvalue weighted by Crippen LogP contribution is 2.27. The van der Waals surface area contributed by atoms with E-state index in [-0.39, 0.29) is 5.56 Å². The van der Waals surface area contributed by atoms with E-state index in [0.29, 0.717) is 0 Å². The second-order valence-electron chi connectivity index (χ2n) is 3.94. The summed E-state index contributed by atoms with van der Waals surface area (Å²) in [5, 5.41) is 13.1. The maximum atomic E-state index is 13.6. The molecule has 2 aromatic carbocycles. The fourth-order valence-electron chi connectivity index (χ4n) is 1.72. The normalized spacial score (nSPS) is 10.3. The summed E-state index contributed by atoms with van der Waals surface area (Å²) in [6, 6.07) is 6.60. The van der Waals surface area contributed by atoms with Crippen molar-refractivity contribution in [3.05, 3.63) is 69.5 Å². The van der Waals surface area contributed by atoms with Gasteiger partial charge < -0.3 is 5.32 Å². The Hall–Kier alpha value is -2.57. The summed E-state index contributed by atoms with van der Waals surface area (Å²) in [5.41, 5.74) is -1.22. The first-order valence-electron chi connectivity index (χ1n) is 5.60. The molecule has 104 valence electrons. The van der Waals surface area contributed by atoms with Crippen LogP contribution in [0.5, 0.6) is 0 Å². The van der Waals surface area contributed by atoms with Gasteiger partial charge in [0.1, 0.15) is 17.3 Å². The van der Waals surface area contributed by atoms with Gasteiger partial charge in [-0.2, -0.15) is 0 Å². The number of nitrogens with one attached hydrogen (secondary N) is 1. The van der Waals surface area contributed by atoms with Crippen LogP contribution in [0, 0.1) is 27.6 Å². The highest BCUT2D eigenvalue weighted by atomic mass is 19.1. The van der Waals surface area contributed by atoms with Gasteiger partial charge in [-0.05, 0) is 18.2 Å². The minimum absolute atomic E-state index is 0.315. The van der Waals surface area contributed by atoms with Gasteiger partial charge in [0.15, 0.2) is 5.82 Å². The standard InChI is InChI=1S/C13H9F3N2O2/c14-9-3-1-4-10(15)8(9)7-17-13-11(16)5-2-6-12(13)18(19)20/h1-6,17H,7H2. The van der Waals surface area contributed by atoms with Crippen molar-refractivity contribution < 1.29 is 18.1 Å². The number of hydrogen-bond donors (Lipinski definition) is 1. The lowest BCUT2D eigenvalue weighted by Gasteiger charge is -2.09. The van der Waals surface area contributed by atoms with Gasteiger partial charge in [0, 0.05) is 18.2 Å². The van der Waals surface area contributed by atoms with E-state index in [2.05, 4.69) is 5.32 Å². The zero-order valence-corrected chi connectivity index (χ0v) is 10.1. The summed E-state index contributed by atoms with van der Waals surface area (Å²) in [4.78, 5) is 10.00. The minimum Gasteiger partial charge on any atom is -0.373 e. The number of anilines is 1. The van der Waals surface area contributed by atoms with E-state index in [1.54, 1.807) is 0 Å². The second-order valence-corrected chi connectivity index (χ2v) is 3.94. The van der Waals surface area contributed by atoms with E-state index in [1.807, 2.05) is 0 Å².